The van der Waals surface area contributed by atoms with E-state index in [0.29, 0.717) is 0 Å². The Labute approximate surface area is 197 Å². The van der Waals surface area contributed by atoms with E-state index < -0.39 is 37.0 Å². The van der Waals surface area contributed by atoms with Gasteiger partial charge in [0, 0.05) is 12.1 Å². The summed E-state index contributed by atoms with van der Waals surface area (Å²) in [5.41, 5.74) is 0.939. The third-order valence-corrected chi connectivity index (χ3v) is 4.69. The van der Waals surface area contributed by atoms with E-state index in [1.807, 2.05) is 0 Å². The molecule has 34 heavy (non-hydrogen) atoms. The van der Waals surface area contributed by atoms with E-state index >= 15 is 0 Å². The molecule has 0 fully saturated rings. The largest absolute Gasteiger partial charge is 0.459 e. The number of amides is 2. The highest BCUT2D eigenvalue weighted by Gasteiger charge is 2.25. The Hall–Kier alpha value is -3.92. The molecule has 3 rings (SSSR count). The molecule has 2 N–H and O–H groups in total. The monoisotopic (exact) mass is 492 g/mol. The van der Waals surface area contributed by atoms with Crippen LogP contribution in [0.4, 0.5) is 14.5 Å². The average molecular weight is 493 g/mol. The van der Waals surface area contributed by atoms with Gasteiger partial charge in [-0.2, -0.15) is 8.78 Å². The molecule has 0 bridgehead atoms. The zero-order valence-electron chi connectivity index (χ0n) is 17.5. The summed E-state index contributed by atoms with van der Waals surface area (Å²) in [4.78, 5) is 37.2. The summed E-state index contributed by atoms with van der Waals surface area (Å²) >= 11 is 5.85. The molecule has 1 heterocycles. The molecule has 178 valence electrons. The molecule has 0 saturated heterocycles. The van der Waals surface area contributed by atoms with Crippen LogP contribution in [0, 0.1) is 0 Å². The van der Waals surface area contributed by atoms with Crippen LogP contribution in [0.2, 0.25) is 5.02 Å². The molecule has 1 atom stereocenters. The second-order valence-corrected chi connectivity index (χ2v) is 7.28. The molecule has 0 aliphatic carbocycles. The first kappa shape index (κ1) is 24.7. The van der Waals surface area contributed by atoms with Crippen molar-refractivity contribution in [3.8, 4) is 5.75 Å². The predicted octanol–water partition coefficient (Wildman–Crippen LogP) is 4.06. The lowest BCUT2D eigenvalue weighted by molar-refractivity contribution is -0.149. The molecule has 0 unspecified atom stereocenters. The van der Waals surface area contributed by atoms with E-state index in [2.05, 4.69) is 15.4 Å². The number of benzene rings is 2. The number of hydrogen-bond acceptors (Lipinski definition) is 6. The predicted molar refractivity (Wildman–Crippen MR) is 118 cm³/mol. The SMILES string of the molecule is O=C(COC(=O)[C@H](Cc1ccccc1)NC(=O)c1ccco1)Nc1ccc(OC(F)F)c(Cl)c1. The molecule has 0 aliphatic heterocycles. The first-order valence-electron chi connectivity index (χ1n) is 9.91. The molecule has 1 aromatic heterocycles. The number of alkyl halides is 2. The number of carbonyl (C=O) groups is 3. The molecular formula is C23H19ClF2N2O6. The van der Waals surface area contributed by atoms with E-state index in [4.69, 9.17) is 20.8 Å². The Morgan fingerprint density at radius 1 is 1.03 bits per heavy atom. The fourth-order valence-electron chi connectivity index (χ4n) is 2.88. The summed E-state index contributed by atoms with van der Waals surface area (Å²) < 4.78 is 39.0. The highest BCUT2D eigenvalue weighted by Crippen LogP contribution is 2.28. The summed E-state index contributed by atoms with van der Waals surface area (Å²) in [6, 6.07) is 14.5. The Morgan fingerprint density at radius 3 is 2.44 bits per heavy atom. The number of esters is 1. The maximum Gasteiger partial charge on any atom is 0.387 e. The van der Waals surface area contributed by atoms with Gasteiger partial charge in [-0.05, 0) is 35.9 Å². The minimum Gasteiger partial charge on any atom is -0.459 e. The molecule has 0 aliphatic rings. The second kappa shape index (κ2) is 11.8. The highest BCUT2D eigenvalue weighted by atomic mass is 35.5. The standard InChI is InChI=1S/C23H19ClF2N2O6/c24-16-12-15(8-9-18(16)34-23(25)26)27-20(29)13-33-22(31)17(11-14-5-2-1-3-6-14)28-21(30)19-7-4-10-32-19/h1-10,12,17,23H,11,13H2,(H,27,29)(H,28,30)/t17-/m0/s1. The van der Waals surface area contributed by atoms with Gasteiger partial charge in [0.15, 0.2) is 12.4 Å². The normalized spacial score (nSPS) is 11.5. The van der Waals surface area contributed by atoms with Crippen molar-refractivity contribution in [1.82, 2.24) is 5.32 Å². The number of ether oxygens (including phenoxy) is 2. The molecule has 2 amide bonds. The maximum absolute atomic E-state index is 12.7. The van der Waals surface area contributed by atoms with Crippen molar-refractivity contribution >= 4 is 35.1 Å². The summed E-state index contributed by atoms with van der Waals surface area (Å²) in [6.45, 7) is -3.71. The highest BCUT2D eigenvalue weighted by molar-refractivity contribution is 6.32. The second-order valence-electron chi connectivity index (χ2n) is 6.87. The van der Waals surface area contributed by atoms with Crippen molar-refractivity contribution in [3.63, 3.8) is 0 Å². The van der Waals surface area contributed by atoms with Gasteiger partial charge in [-0.25, -0.2) is 4.79 Å². The zero-order valence-corrected chi connectivity index (χ0v) is 18.3. The summed E-state index contributed by atoms with van der Waals surface area (Å²) in [5, 5.41) is 4.82. The van der Waals surface area contributed by atoms with Gasteiger partial charge in [0.25, 0.3) is 11.8 Å². The Bertz CT molecular complexity index is 1130. The average Bonchev–Trinajstić information content (AvgIpc) is 3.34. The van der Waals surface area contributed by atoms with Crippen LogP contribution in [0.1, 0.15) is 16.1 Å². The van der Waals surface area contributed by atoms with Gasteiger partial charge in [0.2, 0.25) is 0 Å². The van der Waals surface area contributed by atoms with Crippen molar-refractivity contribution in [3.05, 3.63) is 83.3 Å². The van der Waals surface area contributed by atoms with Crippen LogP contribution < -0.4 is 15.4 Å². The van der Waals surface area contributed by atoms with E-state index in [9.17, 15) is 23.2 Å². The van der Waals surface area contributed by atoms with Crippen molar-refractivity contribution in [1.29, 1.82) is 0 Å². The summed E-state index contributed by atoms with van der Waals surface area (Å²) in [7, 11) is 0. The maximum atomic E-state index is 12.7. The Balaban J connectivity index is 1.60. The summed E-state index contributed by atoms with van der Waals surface area (Å²) in [6.07, 6.45) is 1.44. The molecule has 3 aromatic rings. The van der Waals surface area contributed by atoms with E-state index in [1.54, 1.807) is 30.3 Å². The zero-order chi connectivity index (χ0) is 24.5. The van der Waals surface area contributed by atoms with Crippen molar-refractivity contribution < 1.29 is 37.1 Å². The Kier molecular flexibility index (Phi) is 8.58. The topological polar surface area (TPSA) is 107 Å². The minimum absolute atomic E-state index is 0.0137. The van der Waals surface area contributed by atoms with Gasteiger partial charge in [-0.1, -0.05) is 41.9 Å². The number of rotatable bonds is 10. The fourth-order valence-corrected chi connectivity index (χ4v) is 3.11. The molecular weight excluding hydrogens is 474 g/mol. The summed E-state index contributed by atoms with van der Waals surface area (Å²) in [5.74, 6) is -2.40. The van der Waals surface area contributed by atoms with Crippen LogP contribution in [0.3, 0.4) is 0 Å². The fraction of sp³-hybridized carbons (Fsp3) is 0.174. The van der Waals surface area contributed by atoms with Gasteiger partial charge in [-0.15, -0.1) is 0 Å². The number of nitrogens with one attached hydrogen (secondary N) is 2. The molecule has 0 saturated carbocycles. The van der Waals surface area contributed by atoms with Gasteiger partial charge in [0.05, 0.1) is 11.3 Å². The lowest BCUT2D eigenvalue weighted by Crippen LogP contribution is -2.44. The number of halogens is 3. The van der Waals surface area contributed by atoms with Crippen molar-refractivity contribution in [2.45, 2.75) is 19.1 Å². The molecule has 11 heteroatoms. The van der Waals surface area contributed by atoms with Crippen molar-refractivity contribution in [2.24, 2.45) is 0 Å². The minimum atomic E-state index is -3.05. The van der Waals surface area contributed by atoms with E-state index in [0.717, 1.165) is 11.6 Å². The van der Waals surface area contributed by atoms with Crippen LogP contribution >= 0.6 is 11.6 Å². The van der Waals surface area contributed by atoms with Crippen LogP contribution in [-0.4, -0.2) is 37.0 Å². The number of hydrogen-bond donors (Lipinski definition) is 2. The van der Waals surface area contributed by atoms with Crippen LogP contribution in [0.15, 0.2) is 71.3 Å². The number of furan rings is 1. The first-order valence-corrected chi connectivity index (χ1v) is 10.3. The van der Waals surface area contributed by atoms with Crippen LogP contribution in [0.5, 0.6) is 5.75 Å². The lowest BCUT2D eigenvalue weighted by atomic mass is 10.1. The third kappa shape index (κ3) is 7.31. The third-order valence-electron chi connectivity index (χ3n) is 4.39. The lowest BCUT2D eigenvalue weighted by Gasteiger charge is -2.17. The van der Waals surface area contributed by atoms with Crippen LogP contribution in [0.25, 0.3) is 0 Å². The quantitative estimate of drug-likeness (QED) is 0.413. The number of carbonyl (C=O) groups excluding carboxylic acids is 3. The number of anilines is 1. The van der Waals surface area contributed by atoms with Gasteiger partial charge < -0.3 is 24.5 Å². The van der Waals surface area contributed by atoms with E-state index in [1.165, 1.54) is 30.5 Å². The van der Waals surface area contributed by atoms with Crippen molar-refractivity contribution in [2.75, 3.05) is 11.9 Å². The van der Waals surface area contributed by atoms with Gasteiger partial charge in [-0.3, -0.25) is 9.59 Å². The molecule has 0 spiro atoms. The molecule has 0 radical (unpaired) electrons. The van der Waals surface area contributed by atoms with Gasteiger partial charge in [0.1, 0.15) is 11.8 Å². The van der Waals surface area contributed by atoms with Gasteiger partial charge >= 0.3 is 12.6 Å². The smallest absolute Gasteiger partial charge is 0.387 e. The van der Waals surface area contributed by atoms with Crippen LogP contribution in [-0.2, 0) is 20.7 Å². The van der Waals surface area contributed by atoms with E-state index in [-0.39, 0.29) is 28.6 Å². The molecule has 2 aromatic carbocycles. The first-order chi connectivity index (χ1) is 16.3. The Morgan fingerprint density at radius 2 is 1.79 bits per heavy atom. The molecule has 8 nitrogen and oxygen atoms in total.